The molecule has 0 saturated heterocycles. The Morgan fingerprint density at radius 3 is 2.93 bits per heavy atom. The van der Waals surface area contributed by atoms with E-state index in [9.17, 15) is 9.18 Å². The Morgan fingerprint density at radius 1 is 1.40 bits per heavy atom. The SMILES string of the molecule is O=C(Cl)C(F)c1ccc2ncccc2c1. The van der Waals surface area contributed by atoms with Crippen LogP contribution < -0.4 is 0 Å². The van der Waals surface area contributed by atoms with E-state index >= 15 is 0 Å². The first kappa shape index (κ1) is 10.1. The summed E-state index contributed by atoms with van der Waals surface area (Å²) in [5.41, 5.74) is 1.02. The second-order valence-corrected chi connectivity index (χ2v) is 3.49. The van der Waals surface area contributed by atoms with Crippen LogP contribution >= 0.6 is 11.6 Å². The Morgan fingerprint density at radius 2 is 2.20 bits per heavy atom. The number of hydrogen-bond donors (Lipinski definition) is 0. The number of fused-ring (bicyclic) bond motifs is 1. The lowest BCUT2D eigenvalue weighted by Crippen LogP contribution is -1.99. The molecule has 1 aromatic carbocycles. The van der Waals surface area contributed by atoms with E-state index in [0.29, 0.717) is 0 Å². The first-order valence-electron chi connectivity index (χ1n) is 4.36. The molecule has 0 N–H and O–H groups in total. The quantitative estimate of drug-likeness (QED) is 0.733. The summed E-state index contributed by atoms with van der Waals surface area (Å²) in [7, 11) is 0. The third-order valence-corrected chi connectivity index (χ3v) is 2.31. The molecule has 0 fully saturated rings. The highest BCUT2D eigenvalue weighted by atomic mass is 35.5. The normalized spacial score (nSPS) is 12.7. The van der Waals surface area contributed by atoms with E-state index in [-0.39, 0.29) is 5.56 Å². The van der Waals surface area contributed by atoms with Gasteiger partial charge in [0.05, 0.1) is 5.52 Å². The van der Waals surface area contributed by atoms with Crippen molar-refractivity contribution < 1.29 is 9.18 Å². The van der Waals surface area contributed by atoms with Crippen molar-refractivity contribution in [2.45, 2.75) is 6.17 Å². The fraction of sp³-hybridized carbons (Fsp3) is 0.0909. The first-order valence-corrected chi connectivity index (χ1v) is 4.74. The van der Waals surface area contributed by atoms with Gasteiger partial charge < -0.3 is 0 Å². The summed E-state index contributed by atoms with van der Waals surface area (Å²) in [4.78, 5) is 14.7. The Balaban J connectivity index is 2.51. The highest BCUT2D eigenvalue weighted by Crippen LogP contribution is 2.23. The molecule has 2 rings (SSSR count). The lowest BCUT2D eigenvalue weighted by Gasteiger charge is -2.04. The van der Waals surface area contributed by atoms with Gasteiger partial charge in [-0.15, -0.1) is 0 Å². The number of alkyl halides is 1. The molecule has 0 radical (unpaired) electrons. The van der Waals surface area contributed by atoms with Crippen molar-refractivity contribution in [3.05, 3.63) is 42.1 Å². The van der Waals surface area contributed by atoms with Crippen LogP contribution in [0, 0.1) is 0 Å². The van der Waals surface area contributed by atoms with E-state index in [1.807, 2.05) is 0 Å². The van der Waals surface area contributed by atoms with Crippen molar-refractivity contribution in [3.8, 4) is 0 Å². The monoisotopic (exact) mass is 223 g/mol. The maximum absolute atomic E-state index is 13.3. The predicted molar refractivity (Wildman–Crippen MR) is 56.5 cm³/mol. The van der Waals surface area contributed by atoms with Crippen LogP contribution in [-0.2, 0) is 4.79 Å². The summed E-state index contributed by atoms with van der Waals surface area (Å²) in [6.45, 7) is 0. The van der Waals surface area contributed by atoms with Gasteiger partial charge in [0, 0.05) is 11.6 Å². The number of rotatable bonds is 2. The van der Waals surface area contributed by atoms with Gasteiger partial charge in [0.15, 0.2) is 6.17 Å². The maximum atomic E-state index is 13.3. The third-order valence-electron chi connectivity index (χ3n) is 2.12. The fourth-order valence-corrected chi connectivity index (χ4v) is 1.51. The Labute approximate surface area is 90.7 Å². The number of aromatic nitrogens is 1. The van der Waals surface area contributed by atoms with Gasteiger partial charge in [0.2, 0.25) is 0 Å². The molecule has 0 amide bonds. The average molecular weight is 224 g/mol. The van der Waals surface area contributed by atoms with Gasteiger partial charge in [-0.1, -0.05) is 12.1 Å². The molecule has 1 aromatic heterocycles. The van der Waals surface area contributed by atoms with E-state index < -0.39 is 11.4 Å². The zero-order valence-corrected chi connectivity index (χ0v) is 8.41. The van der Waals surface area contributed by atoms with E-state index in [0.717, 1.165) is 10.9 Å². The van der Waals surface area contributed by atoms with Gasteiger partial charge in [-0.2, -0.15) is 0 Å². The molecule has 4 heteroatoms. The number of carbonyl (C=O) groups is 1. The first-order chi connectivity index (χ1) is 7.18. The molecule has 76 valence electrons. The van der Waals surface area contributed by atoms with Crippen molar-refractivity contribution >= 4 is 27.7 Å². The van der Waals surface area contributed by atoms with Gasteiger partial charge in [-0.3, -0.25) is 9.78 Å². The van der Waals surface area contributed by atoms with Crippen LogP contribution in [0.4, 0.5) is 4.39 Å². The molecule has 2 aromatic rings. The molecule has 1 heterocycles. The molecule has 1 unspecified atom stereocenters. The molecule has 0 bridgehead atoms. The molecule has 0 saturated carbocycles. The van der Waals surface area contributed by atoms with Crippen molar-refractivity contribution in [2.24, 2.45) is 0 Å². The smallest absolute Gasteiger partial charge is 0.260 e. The lowest BCUT2D eigenvalue weighted by molar-refractivity contribution is -0.116. The van der Waals surface area contributed by atoms with E-state index in [4.69, 9.17) is 11.6 Å². The van der Waals surface area contributed by atoms with Gasteiger partial charge in [0.25, 0.3) is 5.24 Å². The second-order valence-electron chi connectivity index (χ2n) is 3.12. The minimum atomic E-state index is -1.77. The summed E-state index contributed by atoms with van der Waals surface area (Å²) >= 11 is 5.08. The van der Waals surface area contributed by atoms with Crippen LogP contribution in [0.15, 0.2) is 36.5 Å². The molecule has 15 heavy (non-hydrogen) atoms. The molecule has 0 aliphatic rings. The number of hydrogen-bond acceptors (Lipinski definition) is 2. The summed E-state index contributed by atoms with van der Waals surface area (Å²) in [5.74, 6) is 0. The fourth-order valence-electron chi connectivity index (χ4n) is 1.38. The molecule has 0 aliphatic heterocycles. The molecule has 1 atom stereocenters. The Kier molecular flexibility index (Phi) is 2.64. The standard InChI is InChI=1S/C11H7ClFNO/c12-11(15)10(13)8-3-4-9-7(6-8)2-1-5-14-9/h1-6,10H. The van der Waals surface area contributed by atoms with Crippen molar-refractivity contribution in [1.82, 2.24) is 4.98 Å². The number of nitrogens with zero attached hydrogens (tertiary/aromatic N) is 1. The predicted octanol–water partition coefficient (Wildman–Crippen LogP) is 3.01. The molecule has 0 spiro atoms. The van der Waals surface area contributed by atoms with E-state index in [2.05, 4.69) is 4.98 Å². The van der Waals surface area contributed by atoms with Crippen molar-refractivity contribution in [2.75, 3.05) is 0 Å². The van der Waals surface area contributed by atoms with Crippen molar-refractivity contribution in [1.29, 1.82) is 0 Å². The van der Waals surface area contributed by atoms with Crippen LogP contribution in [0.1, 0.15) is 11.7 Å². The average Bonchev–Trinajstić information content (AvgIpc) is 2.27. The zero-order valence-electron chi connectivity index (χ0n) is 7.65. The van der Waals surface area contributed by atoms with Crippen molar-refractivity contribution in [3.63, 3.8) is 0 Å². The van der Waals surface area contributed by atoms with E-state index in [1.54, 1.807) is 30.5 Å². The number of pyridine rings is 1. The molecular weight excluding hydrogens is 217 g/mol. The highest BCUT2D eigenvalue weighted by Gasteiger charge is 2.17. The minimum Gasteiger partial charge on any atom is -0.278 e. The summed E-state index contributed by atoms with van der Waals surface area (Å²) < 4.78 is 13.3. The summed E-state index contributed by atoms with van der Waals surface area (Å²) in [6, 6.07) is 8.31. The number of benzene rings is 1. The molecule has 0 aliphatic carbocycles. The van der Waals surface area contributed by atoms with E-state index in [1.165, 1.54) is 6.07 Å². The summed E-state index contributed by atoms with van der Waals surface area (Å²) in [6.07, 6.45) is -0.113. The summed E-state index contributed by atoms with van der Waals surface area (Å²) in [5, 5.41) is -0.214. The van der Waals surface area contributed by atoms with Gasteiger partial charge in [-0.05, 0) is 35.4 Å². The van der Waals surface area contributed by atoms with Crippen LogP contribution in [0.2, 0.25) is 0 Å². The number of halogens is 2. The molecular formula is C11H7ClFNO. The maximum Gasteiger partial charge on any atom is 0.260 e. The third kappa shape index (κ3) is 1.97. The Hall–Kier alpha value is -1.48. The van der Waals surface area contributed by atoms with Crippen LogP contribution in [0.25, 0.3) is 10.9 Å². The largest absolute Gasteiger partial charge is 0.278 e. The Bertz CT molecular complexity index is 515. The van der Waals surface area contributed by atoms with Gasteiger partial charge in [0.1, 0.15) is 0 Å². The van der Waals surface area contributed by atoms with Gasteiger partial charge >= 0.3 is 0 Å². The minimum absolute atomic E-state index is 0.260. The topological polar surface area (TPSA) is 30.0 Å². The highest BCUT2D eigenvalue weighted by molar-refractivity contribution is 6.64. The van der Waals surface area contributed by atoms with Crippen LogP contribution in [0.5, 0.6) is 0 Å². The lowest BCUT2D eigenvalue weighted by atomic mass is 10.1. The van der Waals surface area contributed by atoms with Crippen LogP contribution in [0.3, 0.4) is 0 Å². The van der Waals surface area contributed by atoms with Crippen LogP contribution in [-0.4, -0.2) is 10.2 Å². The molecule has 2 nitrogen and oxygen atoms in total. The van der Waals surface area contributed by atoms with Gasteiger partial charge in [-0.25, -0.2) is 4.39 Å². The zero-order chi connectivity index (χ0) is 10.8. The number of carbonyl (C=O) groups excluding carboxylic acids is 1. The second kappa shape index (κ2) is 3.95.